The molecular weight excluding hydrogens is 361 g/mol. The van der Waals surface area contributed by atoms with Crippen molar-refractivity contribution in [3.63, 3.8) is 0 Å². The first-order valence-corrected chi connectivity index (χ1v) is 11.0. The van der Waals surface area contributed by atoms with Crippen LogP contribution in [0.2, 0.25) is 0 Å². The lowest BCUT2D eigenvalue weighted by molar-refractivity contribution is 0.215. The van der Waals surface area contributed by atoms with E-state index in [4.69, 9.17) is 4.74 Å². The van der Waals surface area contributed by atoms with Gasteiger partial charge in [-0.05, 0) is 80.4 Å². The van der Waals surface area contributed by atoms with Crippen LogP contribution in [0, 0.1) is 23.5 Å². The summed E-state index contributed by atoms with van der Waals surface area (Å²) in [6.45, 7) is 2.44. The van der Waals surface area contributed by atoms with Gasteiger partial charge in [0.15, 0.2) is 17.4 Å². The summed E-state index contributed by atoms with van der Waals surface area (Å²) in [5, 5.41) is 0. The number of ether oxygens (including phenoxy) is 1. The van der Waals surface area contributed by atoms with E-state index in [0.29, 0.717) is 19.3 Å². The smallest absolute Gasteiger partial charge is 0.190 e. The molecule has 0 aromatic heterocycles. The molecule has 0 aliphatic heterocycles. The lowest BCUT2D eigenvalue weighted by Gasteiger charge is -2.29. The first kappa shape index (κ1) is 21.3. The highest BCUT2D eigenvalue weighted by molar-refractivity contribution is 5.33. The van der Waals surface area contributed by atoms with Crippen LogP contribution in [0.5, 0.6) is 5.75 Å². The maximum atomic E-state index is 14.5. The highest BCUT2D eigenvalue weighted by Crippen LogP contribution is 2.39. The van der Waals surface area contributed by atoms with Gasteiger partial charge in [0.2, 0.25) is 0 Å². The summed E-state index contributed by atoms with van der Waals surface area (Å²) in [7, 11) is 0. The third-order valence-corrected chi connectivity index (χ3v) is 6.48. The first-order chi connectivity index (χ1) is 13.6. The van der Waals surface area contributed by atoms with Crippen molar-refractivity contribution < 1.29 is 17.9 Å². The Balaban J connectivity index is 1.53. The van der Waals surface area contributed by atoms with E-state index in [1.165, 1.54) is 37.8 Å². The number of hydrogen-bond donors (Lipinski definition) is 0. The van der Waals surface area contributed by atoms with Crippen LogP contribution in [0.15, 0.2) is 24.0 Å². The Labute approximate surface area is 167 Å². The summed E-state index contributed by atoms with van der Waals surface area (Å²) in [5.41, 5.74) is 0.761. The molecule has 1 fully saturated rings. The van der Waals surface area contributed by atoms with Gasteiger partial charge in [0.05, 0.1) is 12.4 Å². The zero-order valence-corrected chi connectivity index (χ0v) is 17.0. The van der Waals surface area contributed by atoms with Crippen molar-refractivity contribution in [2.75, 3.05) is 6.61 Å². The van der Waals surface area contributed by atoms with Crippen molar-refractivity contribution in [1.29, 1.82) is 0 Å². The molecule has 0 saturated heterocycles. The van der Waals surface area contributed by atoms with Crippen LogP contribution in [-0.2, 0) is 0 Å². The summed E-state index contributed by atoms with van der Waals surface area (Å²) in [5.74, 6) is -0.484. The van der Waals surface area contributed by atoms with E-state index in [-0.39, 0.29) is 30.0 Å². The standard InChI is InChI=1S/C24H33F3O/c1-2-3-4-5-17-6-10-19(11-7-17)20-14-22(26)24(23(27)15-20)28-16-18-8-12-21(25)13-9-18/h12,14-15,17-19H,2-11,13,16H2,1H3. The number of unbranched alkanes of at least 4 members (excludes halogenated alkanes) is 2. The van der Waals surface area contributed by atoms with E-state index >= 15 is 0 Å². The Morgan fingerprint density at radius 3 is 2.25 bits per heavy atom. The highest BCUT2D eigenvalue weighted by atomic mass is 19.1. The molecule has 1 aromatic rings. The molecule has 0 bridgehead atoms. The molecule has 1 nitrogen and oxygen atoms in total. The van der Waals surface area contributed by atoms with Gasteiger partial charge in [0.1, 0.15) is 0 Å². The Morgan fingerprint density at radius 1 is 0.929 bits per heavy atom. The van der Waals surface area contributed by atoms with E-state index in [9.17, 15) is 13.2 Å². The van der Waals surface area contributed by atoms with Crippen molar-refractivity contribution >= 4 is 0 Å². The molecule has 156 valence electrons. The lowest BCUT2D eigenvalue weighted by atomic mass is 9.77. The number of rotatable bonds is 8. The van der Waals surface area contributed by atoms with Crippen molar-refractivity contribution in [1.82, 2.24) is 0 Å². The average Bonchev–Trinajstić information content (AvgIpc) is 2.69. The first-order valence-electron chi connectivity index (χ1n) is 11.0. The fraction of sp³-hybridized carbons (Fsp3) is 0.667. The molecule has 3 rings (SSSR count). The van der Waals surface area contributed by atoms with Crippen LogP contribution in [0.3, 0.4) is 0 Å². The topological polar surface area (TPSA) is 9.23 Å². The summed E-state index contributed by atoms with van der Waals surface area (Å²) >= 11 is 0. The van der Waals surface area contributed by atoms with Gasteiger partial charge in [0, 0.05) is 0 Å². The second-order valence-electron chi connectivity index (χ2n) is 8.63. The summed E-state index contributed by atoms with van der Waals surface area (Å²) in [4.78, 5) is 0. The molecule has 1 saturated carbocycles. The monoisotopic (exact) mass is 394 g/mol. The fourth-order valence-electron chi connectivity index (χ4n) is 4.63. The van der Waals surface area contributed by atoms with Crippen molar-refractivity contribution in [3.05, 3.63) is 41.2 Å². The highest BCUT2D eigenvalue weighted by Gasteiger charge is 2.25. The van der Waals surface area contributed by atoms with Gasteiger partial charge in [-0.15, -0.1) is 0 Å². The van der Waals surface area contributed by atoms with Crippen LogP contribution in [0.1, 0.15) is 89.0 Å². The van der Waals surface area contributed by atoms with E-state index in [0.717, 1.165) is 37.2 Å². The van der Waals surface area contributed by atoms with Gasteiger partial charge in [-0.25, -0.2) is 13.2 Å². The Hall–Kier alpha value is -1.45. The predicted octanol–water partition coefficient (Wildman–Crippen LogP) is 7.85. The minimum Gasteiger partial charge on any atom is -0.487 e. The SMILES string of the molecule is CCCCCC1CCC(c2cc(F)c(OCC3CC=C(F)CC3)c(F)c2)CC1. The maximum absolute atomic E-state index is 14.5. The minimum absolute atomic E-state index is 0.0990. The average molecular weight is 395 g/mol. The molecule has 0 radical (unpaired) electrons. The Kier molecular flexibility index (Phi) is 7.87. The van der Waals surface area contributed by atoms with Crippen LogP contribution >= 0.6 is 0 Å². The van der Waals surface area contributed by atoms with Crippen LogP contribution in [-0.4, -0.2) is 6.61 Å². The summed E-state index contributed by atoms with van der Waals surface area (Å²) < 4.78 is 47.6. The molecular formula is C24H33F3O. The maximum Gasteiger partial charge on any atom is 0.190 e. The molecule has 1 unspecified atom stereocenters. The molecule has 4 heteroatoms. The van der Waals surface area contributed by atoms with Crippen molar-refractivity contribution in [2.45, 2.75) is 83.5 Å². The fourth-order valence-corrected chi connectivity index (χ4v) is 4.63. The van der Waals surface area contributed by atoms with Gasteiger partial charge in [-0.2, -0.15) is 0 Å². The molecule has 0 amide bonds. The summed E-state index contributed by atoms with van der Waals surface area (Å²) in [6.07, 6.45) is 12.6. The number of halogens is 3. The zero-order chi connectivity index (χ0) is 19.9. The molecule has 28 heavy (non-hydrogen) atoms. The normalized spacial score (nSPS) is 25.4. The van der Waals surface area contributed by atoms with E-state index < -0.39 is 11.6 Å². The quantitative estimate of drug-likeness (QED) is 0.408. The van der Waals surface area contributed by atoms with Crippen molar-refractivity contribution in [3.8, 4) is 5.75 Å². The summed E-state index contributed by atoms with van der Waals surface area (Å²) in [6, 6.07) is 2.92. The van der Waals surface area contributed by atoms with Crippen LogP contribution < -0.4 is 4.74 Å². The molecule has 2 aliphatic rings. The van der Waals surface area contributed by atoms with Gasteiger partial charge in [-0.3, -0.25) is 0 Å². The molecule has 0 spiro atoms. The second-order valence-corrected chi connectivity index (χ2v) is 8.63. The molecule has 1 atom stereocenters. The third kappa shape index (κ3) is 5.78. The van der Waals surface area contributed by atoms with E-state index in [1.54, 1.807) is 6.08 Å². The number of benzene rings is 1. The van der Waals surface area contributed by atoms with Crippen molar-refractivity contribution in [2.24, 2.45) is 11.8 Å². The van der Waals surface area contributed by atoms with Crippen LogP contribution in [0.4, 0.5) is 13.2 Å². The second kappa shape index (κ2) is 10.4. The largest absolute Gasteiger partial charge is 0.487 e. The lowest BCUT2D eigenvalue weighted by Crippen LogP contribution is -2.16. The number of hydrogen-bond acceptors (Lipinski definition) is 1. The van der Waals surface area contributed by atoms with Gasteiger partial charge in [-0.1, -0.05) is 38.7 Å². The van der Waals surface area contributed by atoms with E-state index in [1.807, 2.05) is 0 Å². The van der Waals surface area contributed by atoms with Gasteiger partial charge in [0.25, 0.3) is 0 Å². The van der Waals surface area contributed by atoms with Gasteiger partial charge >= 0.3 is 0 Å². The zero-order valence-electron chi connectivity index (χ0n) is 17.0. The molecule has 0 N–H and O–H groups in total. The Morgan fingerprint density at radius 2 is 1.64 bits per heavy atom. The molecule has 2 aliphatic carbocycles. The molecule has 0 heterocycles. The van der Waals surface area contributed by atoms with Crippen LogP contribution in [0.25, 0.3) is 0 Å². The Bertz CT molecular complexity index is 639. The third-order valence-electron chi connectivity index (χ3n) is 6.48. The number of allylic oxidation sites excluding steroid dienone is 2. The van der Waals surface area contributed by atoms with Gasteiger partial charge < -0.3 is 4.74 Å². The minimum atomic E-state index is -0.613. The molecule has 1 aromatic carbocycles. The predicted molar refractivity (Wildman–Crippen MR) is 107 cm³/mol. The van der Waals surface area contributed by atoms with E-state index in [2.05, 4.69) is 6.92 Å².